The highest BCUT2D eigenvalue weighted by Crippen LogP contribution is 2.11. The summed E-state index contributed by atoms with van der Waals surface area (Å²) in [5, 5.41) is 3.33. The highest BCUT2D eigenvalue weighted by atomic mass is 79.9. The smallest absolute Gasteiger partial charge is 0.126 e. The lowest BCUT2D eigenvalue weighted by molar-refractivity contribution is 0.840. The molecule has 4 heteroatoms. The van der Waals surface area contributed by atoms with Crippen molar-refractivity contribution in [3.63, 3.8) is 0 Å². The van der Waals surface area contributed by atoms with E-state index in [1.807, 2.05) is 12.1 Å². The molecule has 0 aliphatic carbocycles. The molecule has 0 aliphatic heterocycles. The molecule has 0 amide bonds. The van der Waals surface area contributed by atoms with Crippen LogP contribution in [0.5, 0.6) is 0 Å². The summed E-state index contributed by atoms with van der Waals surface area (Å²) in [7, 11) is 0. The fourth-order valence-corrected chi connectivity index (χ4v) is 1.15. The first kappa shape index (κ1) is 10.8. The Balaban J connectivity index is 2.41. The highest BCUT2D eigenvalue weighted by molar-refractivity contribution is 9.10. The average Bonchev–Trinajstić information content (AvgIpc) is 2.16. The molecule has 1 unspecified atom stereocenters. The van der Waals surface area contributed by atoms with Crippen LogP contribution in [0.3, 0.4) is 0 Å². The van der Waals surface area contributed by atoms with Crippen LogP contribution in [-0.4, -0.2) is 16.9 Å². The van der Waals surface area contributed by atoms with Crippen LogP contribution in [0, 0.1) is 0 Å². The molecule has 0 saturated heterocycles. The van der Waals surface area contributed by atoms with Crippen LogP contribution in [0.2, 0.25) is 0 Å². The zero-order chi connectivity index (χ0) is 9.68. The van der Waals surface area contributed by atoms with E-state index in [2.05, 4.69) is 33.2 Å². The maximum Gasteiger partial charge on any atom is 0.126 e. The Morgan fingerprint density at radius 3 is 2.92 bits per heavy atom. The Labute approximate surface area is 91.8 Å². The third-order valence-corrected chi connectivity index (χ3v) is 2.61. The lowest BCUT2D eigenvalue weighted by Crippen LogP contribution is -2.13. The molecule has 1 rings (SSSR count). The van der Waals surface area contributed by atoms with Gasteiger partial charge in [0.15, 0.2) is 0 Å². The third kappa shape index (κ3) is 3.96. The predicted octanol–water partition coefficient (Wildman–Crippen LogP) is 3.27. The van der Waals surface area contributed by atoms with Crippen LogP contribution in [0.1, 0.15) is 13.3 Å². The number of nitrogens with zero attached hydrogens (tertiary/aromatic N) is 1. The Bertz CT molecular complexity index is 250. The van der Waals surface area contributed by atoms with Gasteiger partial charge in [-0.2, -0.15) is 0 Å². The van der Waals surface area contributed by atoms with Gasteiger partial charge in [-0.25, -0.2) is 4.98 Å². The van der Waals surface area contributed by atoms with Gasteiger partial charge in [-0.05, 0) is 34.5 Å². The molecule has 1 aromatic heterocycles. The Morgan fingerprint density at radius 1 is 1.62 bits per heavy atom. The molecular formula is C9H12BrClN2. The minimum absolute atomic E-state index is 0.172. The first-order valence-corrected chi connectivity index (χ1v) is 5.44. The maximum absolute atomic E-state index is 5.95. The van der Waals surface area contributed by atoms with Gasteiger partial charge < -0.3 is 5.32 Å². The topological polar surface area (TPSA) is 24.9 Å². The first-order valence-electron chi connectivity index (χ1n) is 4.22. The van der Waals surface area contributed by atoms with Crippen molar-refractivity contribution in [2.24, 2.45) is 0 Å². The van der Waals surface area contributed by atoms with E-state index in [0.29, 0.717) is 0 Å². The molecule has 0 aliphatic rings. The summed E-state index contributed by atoms with van der Waals surface area (Å²) >= 11 is 9.27. The molecule has 1 heterocycles. The molecule has 13 heavy (non-hydrogen) atoms. The largest absolute Gasteiger partial charge is 0.369 e. The zero-order valence-corrected chi connectivity index (χ0v) is 9.77. The van der Waals surface area contributed by atoms with Gasteiger partial charge in [-0.1, -0.05) is 6.92 Å². The minimum atomic E-state index is 0.172. The molecular weight excluding hydrogens is 251 g/mol. The van der Waals surface area contributed by atoms with E-state index >= 15 is 0 Å². The maximum atomic E-state index is 5.95. The molecule has 1 aromatic rings. The zero-order valence-electron chi connectivity index (χ0n) is 7.43. The number of aromatic nitrogens is 1. The summed E-state index contributed by atoms with van der Waals surface area (Å²) in [6.07, 6.45) is 2.72. The molecule has 72 valence electrons. The van der Waals surface area contributed by atoms with Gasteiger partial charge in [-0.15, -0.1) is 11.6 Å². The average molecular weight is 264 g/mol. The number of nitrogens with one attached hydrogen (secondary N) is 1. The van der Waals surface area contributed by atoms with Crippen LogP contribution >= 0.6 is 27.5 Å². The van der Waals surface area contributed by atoms with Gasteiger partial charge >= 0.3 is 0 Å². The Kier molecular flexibility index (Phi) is 4.53. The summed E-state index contributed by atoms with van der Waals surface area (Å²) < 4.78 is 0.982. The van der Waals surface area contributed by atoms with Crippen LogP contribution < -0.4 is 5.32 Å². The van der Waals surface area contributed by atoms with Crippen molar-refractivity contribution < 1.29 is 0 Å². The fraction of sp³-hybridized carbons (Fsp3) is 0.444. The van der Waals surface area contributed by atoms with Crippen molar-refractivity contribution >= 4 is 33.3 Å². The van der Waals surface area contributed by atoms with Gasteiger partial charge in [0.2, 0.25) is 0 Å². The monoisotopic (exact) mass is 262 g/mol. The molecule has 0 aromatic carbocycles. The van der Waals surface area contributed by atoms with Gasteiger partial charge in [0, 0.05) is 17.2 Å². The Hall–Kier alpha value is -0.280. The van der Waals surface area contributed by atoms with Crippen molar-refractivity contribution in [2.75, 3.05) is 11.9 Å². The molecule has 0 bridgehead atoms. The van der Waals surface area contributed by atoms with E-state index < -0.39 is 0 Å². The van der Waals surface area contributed by atoms with E-state index in [0.717, 1.165) is 23.3 Å². The summed E-state index contributed by atoms with van der Waals surface area (Å²) in [6.45, 7) is 2.82. The van der Waals surface area contributed by atoms with E-state index in [1.54, 1.807) is 6.20 Å². The molecule has 1 atom stereocenters. The Morgan fingerprint density at radius 2 is 2.38 bits per heavy atom. The van der Waals surface area contributed by atoms with Gasteiger partial charge in [-0.3, -0.25) is 0 Å². The highest BCUT2D eigenvalue weighted by Gasteiger charge is 2.00. The van der Waals surface area contributed by atoms with Crippen molar-refractivity contribution in [3.05, 3.63) is 22.8 Å². The van der Waals surface area contributed by atoms with Gasteiger partial charge in [0.05, 0.1) is 5.38 Å². The number of rotatable bonds is 4. The lowest BCUT2D eigenvalue weighted by atomic mass is 10.3. The van der Waals surface area contributed by atoms with Crippen molar-refractivity contribution in [3.8, 4) is 0 Å². The molecule has 1 N–H and O–H groups in total. The van der Waals surface area contributed by atoms with Crippen molar-refractivity contribution in [1.82, 2.24) is 4.98 Å². The van der Waals surface area contributed by atoms with Crippen molar-refractivity contribution in [1.29, 1.82) is 0 Å². The molecule has 0 fully saturated rings. The number of halogens is 2. The molecule has 2 nitrogen and oxygen atoms in total. The second-order valence-electron chi connectivity index (χ2n) is 2.75. The van der Waals surface area contributed by atoms with Gasteiger partial charge in [0.1, 0.15) is 5.82 Å². The predicted molar refractivity (Wildman–Crippen MR) is 60.4 cm³/mol. The molecule has 0 radical (unpaired) electrons. The van der Waals surface area contributed by atoms with E-state index in [-0.39, 0.29) is 5.38 Å². The van der Waals surface area contributed by atoms with Crippen molar-refractivity contribution in [2.45, 2.75) is 18.7 Å². The number of hydrogen-bond acceptors (Lipinski definition) is 2. The lowest BCUT2D eigenvalue weighted by Gasteiger charge is -2.08. The first-order chi connectivity index (χ1) is 6.22. The number of hydrogen-bond donors (Lipinski definition) is 1. The third-order valence-electron chi connectivity index (χ3n) is 1.68. The molecule has 0 saturated carbocycles. The van der Waals surface area contributed by atoms with E-state index in [1.165, 1.54) is 0 Å². The van der Waals surface area contributed by atoms with Crippen LogP contribution in [0.15, 0.2) is 22.8 Å². The second-order valence-corrected chi connectivity index (χ2v) is 4.28. The summed E-state index contributed by atoms with van der Waals surface area (Å²) in [6, 6.07) is 3.87. The number of anilines is 1. The van der Waals surface area contributed by atoms with Gasteiger partial charge in [0.25, 0.3) is 0 Å². The minimum Gasteiger partial charge on any atom is -0.369 e. The number of alkyl halides is 1. The summed E-state index contributed by atoms with van der Waals surface area (Å²) in [4.78, 5) is 4.17. The SMILES string of the molecule is CCC(Cl)CNc1ccc(Br)cn1. The van der Waals surface area contributed by atoms with Crippen LogP contribution in [0.4, 0.5) is 5.82 Å². The summed E-state index contributed by atoms with van der Waals surface area (Å²) in [5.74, 6) is 0.863. The quantitative estimate of drug-likeness (QED) is 0.843. The summed E-state index contributed by atoms with van der Waals surface area (Å²) in [5.41, 5.74) is 0. The normalized spacial score (nSPS) is 12.5. The second kappa shape index (κ2) is 5.45. The van der Waals surface area contributed by atoms with E-state index in [4.69, 9.17) is 11.6 Å². The van der Waals surface area contributed by atoms with Crippen LogP contribution in [-0.2, 0) is 0 Å². The molecule has 0 spiro atoms. The van der Waals surface area contributed by atoms with Crippen LogP contribution in [0.25, 0.3) is 0 Å². The standard InChI is InChI=1S/C9H12BrClN2/c1-2-8(11)6-13-9-4-3-7(10)5-12-9/h3-5,8H,2,6H2,1H3,(H,12,13). The fourth-order valence-electron chi connectivity index (χ4n) is 0.840. The number of pyridine rings is 1. The van der Waals surface area contributed by atoms with E-state index in [9.17, 15) is 0 Å².